The number of benzene rings is 1. The van der Waals surface area contributed by atoms with Crippen molar-refractivity contribution in [1.82, 2.24) is 9.62 Å². The zero-order chi connectivity index (χ0) is 16.4. The number of nitrogens with zero attached hydrogens (tertiary/aromatic N) is 2. The van der Waals surface area contributed by atoms with Gasteiger partial charge in [-0.05, 0) is 13.0 Å². The van der Waals surface area contributed by atoms with Gasteiger partial charge in [0.1, 0.15) is 4.90 Å². The van der Waals surface area contributed by atoms with E-state index in [2.05, 4.69) is 4.72 Å². The van der Waals surface area contributed by atoms with Crippen molar-refractivity contribution in [1.29, 1.82) is 0 Å². The number of hydrogen-bond donors (Lipinski definition) is 1. The van der Waals surface area contributed by atoms with Gasteiger partial charge in [0.15, 0.2) is 0 Å². The molecule has 0 fully saturated rings. The molecule has 1 N–H and O–H groups in total. The first-order chi connectivity index (χ1) is 9.56. The molecule has 21 heavy (non-hydrogen) atoms. The van der Waals surface area contributed by atoms with Crippen LogP contribution in [0.1, 0.15) is 6.92 Å². The van der Waals surface area contributed by atoms with E-state index in [1.165, 1.54) is 25.9 Å². The molecule has 0 aliphatic heterocycles. The Hall–Kier alpha value is -1.71. The third-order valence-corrected chi connectivity index (χ3v) is 4.58. The van der Waals surface area contributed by atoms with Gasteiger partial charge in [0.05, 0.1) is 16.0 Å². The van der Waals surface area contributed by atoms with Crippen LogP contribution in [0.2, 0.25) is 5.02 Å². The van der Waals surface area contributed by atoms with Crippen LogP contribution in [0.4, 0.5) is 5.69 Å². The lowest BCUT2D eigenvalue weighted by molar-refractivity contribution is -0.385. The summed E-state index contributed by atoms with van der Waals surface area (Å²) in [4.78, 5) is 22.4. The average Bonchev–Trinajstić information content (AvgIpc) is 2.36. The first kappa shape index (κ1) is 17.3. The molecule has 0 saturated carbocycles. The Balaban J connectivity index is 3.17. The Morgan fingerprint density at radius 2 is 2.00 bits per heavy atom. The number of sulfonamides is 1. The van der Waals surface area contributed by atoms with Crippen LogP contribution in [0.25, 0.3) is 0 Å². The van der Waals surface area contributed by atoms with Crippen LogP contribution >= 0.6 is 11.6 Å². The van der Waals surface area contributed by atoms with Gasteiger partial charge in [0.25, 0.3) is 5.69 Å². The normalized spacial score (nSPS) is 12.8. The number of hydrogen-bond acceptors (Lipinski definition) is 5. The quantitative estimate of drug-likeness (QED) is 0.637. The molecule has 1 atom stereocenters. The molecule has 10 heteroatoms. The molecule has 0 bridgehead atoms. The SMILES string of the molecule is CC(NS(=O)(=O)c1cc([N+](=O)[O-])ccc1Cl)C(=O)N(C)C. The molecule has 0 heterocycles. The molecule has 1 amide bonds. The number of carbonyl (C=O) groups is 1. The van der Waals surface area contributed by atoms with Crippen molar-refractivity contribution < 1.29 is 18.1 Å². The summed E-state index contributed by atoms with van der Waals surface area (Å²) in [6.45, 7) is 1.37. The molecule has 0 spiro atoms. The van der Waals surface area contributed by atoms with Gasteiger partial charge in [-0.3, -0.25) is 14.9 Å². The summed E-state index contributed by atoms with van der Waals surface area (Å²) in [6.07, 6.45) is 0. The number of amides is 1. The number of carbonyl (C=O) groups excluding carboxylic acids is 1. The molecule has 0 radical (unpaired) electrons. The standard InChI is InChI=1S/C11H14ClN3O5S/c1-7(11(16)14(2)3)13-21(19,20)10-6-8(15(17)18)4-5-9(10)12/h4-7,13H,1-3H3. The summed E-state index contributed by atoms with van der Waals surface area (Å²) in [6, 6.07) is 2.03. The summed E-state index contributed by atoms with van der Waals surface area (Å²) in [7, 11) is -1.20. The monoisotopic (exact) mass is 335 g/mol. The Kier molecular flexibility index (Phi) is 5.26. The maximum Gasteiger partial charge on any atom is 0.270 e. The zero-order valence-electron chi connectivity index (χ0n) is 11.5. The Bertz CT molecular complexity index is 674. The first-order valence-corrected chi connectivity index (χ1v) is 7.60. The van der Waals surface area contributed by atoms with Crippen molar-refractivity contribution in [2.24, 2.45) is 0 Å². The third kappa shape index (κ3) is 4.13. The highest BCUT2D eigenvalue weighted by Crippen LogP contribution is 2.26. The highest BCUT2D eigenvalue weighted by molar-refractivity contribution is 7.89. The van der Waals surface area contributed by atoms with E-state index in [1.54, 1.807) is 0 Å². The first-order valence-electron chi connectivity index (χ1n) is 5.73. The minimum Gasteiger partial charge on any atom is -0.347 e. The Labute approximate surface area is 126 Å². The van der Waals surface area contributed by atoms with Crippen LogP contribution in [0, 0.1) is 10.1 Å². The summed E-state index contributed by atoms with van der Waals surface area (Å²) >= 11 is 5.77. The molecule has 1 aromatic rings. The van der Waals surface area contributed by atoms with Crippen LogP contribution in [0.15, 0.2) is 23.1 Å². The maximum atomic E-state index is 12.2. The summed E-state index contributed by atoms with van der Waals surface area (Å²) in [5.41, 5.74) is -0.411. The molecule has 1 unspecified atom stereocenters. The van der Waals surface area contributed by atoms with Gasteiger partial charge in [-0.2, -0.15) is 4.72 Å². The predicted octanol–water partition coefficient (Wildman–Crippen LogP) is 1.00. The number of non-ortho nitro benzene ring substituents is 1. The predicted molar refractivity (Wildman–Crippen MR) is 76.6 cm³/mol. The van der Waals surface area contributed by atoms with Crippen molar-refractivity contribution in [3.63, 3.8) is 0 Å². The van der Waals surface area contributed by atoms with Gasteiger partial charge in [-0.1, -0.05) is 11.6 Å². The van der Waals surface area contributed by atoms with Gasteiger partial charge in [0.2, 0.25) is 15.9 Å². The molecule has 1 aromatic carbocycles. The third-order valence-electron chi connectivity index (χ3n) is 2.56. The van der Waals surface area contributed by atoms with Gasteiger partial charge in [-0.15, -0.1) is 0 Å². The van der Waals surface area contributed by atoms with Crippen LogP contribution in [0.5, 0.6) is 0 Å². The lowest BCUT2D eigenvalue weighted by Gasteiger charge is -2.18. The van der Waals surface area contributed by atoms with Crippen molar-refractivity contribution in [3.8, 4) is 0 Å². The lowest BCUT2D eigenvalue weighted by Crippen LogP contribution is -2.44. The molecule has 116 valence electrons. The van der Waals surface area contributed by atoms with Crippen LogP contribution in [-0.4, -0.2) is 44.3 Å². The van der Waals surface area contributed by atoms with Gasteiger partial charge < -0.3 is 4.90 Å². The molecule has 8 nitrogen and oxygen atoms in total. The van der Waals surface area contributed by atoms with Gasteiger partial charge >= 0.3 is 0 Å². The molecule has 0 aliphatic rings. The fourth-order valence-electron chi connectivity index (χ4n) is 1.55. The zero-order valence-corrected chi connectivity index (χ0v) is 13.1. The van der Waals surface area contributed by atoms with Crippen molar-refractivity contribution in [3.05, 3.63) is 33.3 Å². The van der Waals surface area contributed by atoms with E-state index in [-0.39, 0.29) is 5.02 Å². The molecule has 0 saturated heterocycles. The smallest absolute Gasteiger partial charge is 0.270 e. The average molecular weight is 336 g/mol. The lowest BCUT2D eigenvalue weighted by atomic mass is 10.3. The summed E-state index contributed by atoms with van der Waals surface area (Å²) in [5, 5.41) is 10.5. The minimum absolute atomic E-state index is 0.169. The number of rotatable bonds is 5. The number of nitrogens with one attached hydrogen (secondary N) is 1. The van der Waals surface area contributed by atoms with E-state index in [9.17, 15) is 23.3 Å². The van der Waals surface area contributed by atoms with Crippen molar-refractivity contribution >= 4 is 33.2 Å². The number of likely N-dealkylation sites (N-methyl/N-ethyl adjacent to an activating group) is 1. The van der Waals surface area contributed by atoms with E-state index in [1.807, 2.05) is 0 Å². The molecular formula is C11H14ClN3O5S. The number of nitro benzene ring substituents is 1. The van der Waals surface area contributed by atoms with E-state index in [0.29, 0.717) is 0 Å². The highest BCUT2D eigenvalue weighted by atomic mass is 35.5. The Morgan fingerprint density at radius 3 is 2.48 bits per heavy atom. The van der Waals surface area contributed by atoms with Crippen molar-refractivity contribution in [2.45, 2.75) is 17.9 Å². The summed E-state index contributed by atoms with van der Waals surface area (Å²) in [5.74, 6) is -0.458. The minimum atomic E-state index is -4.16. The topological polar surface area (TPSA) is 110 Å². The second-order valence-corrected chi connectivity index (χ2v) is 6.54. The van der Waals surface area contributed by atoms with E-state index < -0.39 is 37.5 Å². The van der Waals surface area contributed by atoms with E-state index >= 15 is 0 Å². The number of halogens is 1. The summed E-state index contributed by atoms with van der Waals surface area (Å²) < 4.78 is 26.5. The second kappa shape index (κ2) is 6.37. The van der Waals surface area contributed by atoms with Gasteiger partial charge in [-0.25, -0.2) is 8.42 Å². The highest BCUT2D eigenvalue weighted by Gasteiger charge is 2.26. The van der Waals surface area contributed by atoms with Crippen LogP contribution in [-0.2, 0) is 14.8 Å². The molecule has 0 aliphatic carbocycles. The van der Waals surface area contributed by atoms with Crippen LogP contribution in [0.3, 0.4) is 0 Å². The van der Waals surface area contributed by atoms with E-state index in [4.69, 9.17) is 11.6 Å². The molecule has 0 aromatic heterocycles. The maximum absolute atomic E-state index is 12.2. The van der Waals surface area contributed by atoms with Crippen molar-refractivity contribution in [2.75, 3.05) is 14.1 Å². The van der Waals surface area contributed by atoms with E-state index in [0.717, 1.165) is 18.2 Å². The Morgan fingerprint density at radius 1 is 1.43 bits per heavy atom. The number of nitro groups is 1. The van der Waals surface area contributed by atoms with Gasteiger partial charge in [0, 0.05) is 26.2 Å². The fourth-order valence-corrected chi connectivity index (χ4v) is 3.26. The van der Waals surface area contributed by atoms with Crippen LogP contribution < -0.4 is 4.72 Å². The second-order valence-electron chi connectivity index (χ2n) is 4.45. The molecule has 1 rings (SSSR count). The molecular weight excluding hydrogens is 322 g/mol. The largest absolute Gasteiger partial charge is 0.347 e. The fraction of sp³-hybridized carbons (Fsp3) is 0.364.